The van der Waals surface area contributed by atoms with E-state index in [0.717, 1.165) is 41.7 Å². The average molecular weight is 340 g/mol. The van der Waals surface area contributed by atoms with E-state index in [-0.39, 0.29) is 5.91 Å². The van der Waals surface area contributed by atoms with Crippen LogP contribution in [0, 0.1) is 13.8 Å². The van der Waals surface area contributed by atoms with Gasteiger partial charge >= 0.3 is 0 Å². The molecular formula is C19H24N4O2. The summed E-state index contributed by atoms with van der Waals surface area (Å²) < 4.78 is 5.22. The minimum Gasteiger partial charge on any atom is -0.497 e. The van der Waals surface area contributed by atoms with E-state index < -0.39 is 0 Å². The van der Waals surface area contributed by atoms with Gasteiger partial charge in [-0.2, -0.15) is 0 Å². The maximum absolute atomic E-state index is 12.6. The lowest BCUT2D eigenvalue weighted by Crippen LogP contribution is -2.49. The Morgan fingerprint density at radius 2 is 1.88 bits per heavy atom. The first-order chi connectivity index (χ1) is 12.0. The highest BCUT2D eigenvalue weighted by Crippen LogP contribution is 2.17. The van der Waals surface area contributed by atoms with Crippen LogP contribution in [0.2, 0.25) is 0 Å². The van der Waals surface area contributed by atoms with Gasteiger partial charge in [-0.15, -0.1) is 0 Å². The van der Waals surface area contributed by atoms with E-state index in [1.165, 1.54) is 0 Å². The Kier molecular flexibility index (Phi) is 5.16. The Morgan fingerprint density at radius 3 is 2.56 bits per heavy atom. The van der Waals surface area contributed by atoms with Crippen LogP contribution in [-0.2, 0) is 11.2 Å². The van der Waals surface area contributed by atoms with Crippen molar-refractivity contribution in [2.45, 2.75) is 20.3 Å². The third-order valence-corrected chi connectivity index (χ3v) is 4.40. The number of rotatable bonds is 4. The second kappa shape index (κ2) is 7.51. The number of aryl methyl sites for hydroxylation is 2. The number of carbonyl (C=O) groups excluding carboxylic acids is 1. The van der Waals surface area contributed by atoms with Crippen LogP contribution in [0.5, 0.6) is 5.75 Å². The van der Waals surface area contributed by atoms with E-state index in [2.05, 4.69) is 14.9 Å². The minimum absolute atomic E-state index is 0.156. The summed E-state index contributed by atoms with van der Waals surface area (Å²) in [5.41, 5.74) is 1.95. The number of piperazine rings is 1. The van der Waals surface area contributed by atoms with Gasteiger partial charge in [0.2, 0.25) is 5.91 Å². The van der Waals surface area contributed by atoms with E-state index in [0.29, 0.717) is 19.5 Å². The predicted octanol–water partition coefficient (Wildman–Crippen LogP) is 1.99. The van der Waals surface area contributed by atoms with Gasteiger partial charge in [0.25, 0.3) is 0 Å². The molecule has 1 fully saturated rings. The number of carbonyl (C=O) groups is 1. The molecule has 1 aromatic carbocycles. The maximum Gasteiger partial charge on any atom is 0.227 e. The van der Waals surface area contributed by atoms with E-state index in [4.69, 9.17) is 4.74 Å². The van der Waals surface area contributed by atoms with Crippen LogP contribution in [0.3, 0.4) is 0 Å². The highest BCUT2D eigenvalue weighted by molar-refractivity contribution is 5.79. The fourth-order valence-corrected chi connectivity index (χ4v) is 3.11. The maximum atomic E-state index is 12.6. The summed E-state index contributed by atoms with van der Waals surface area (Å²) in [6, 6.07) is 9.68. The molecule has 0 aliphatic carbocycles. The SMILES string of the molecule is COc1cccc(CC(=O)N2CCN(c3cc(C)nc(C)n3)CC2)c1. The van der Waals surface area contributed by atoms with Crippen molar-refractivity contribution in [2.75, 3.05) is 38.2 Å². The van der Waals surface area contributed by atoms with Crippen LogP contribution in [0.25, 0.3) is 0 Å². The number of methoxy groups -OCH3 is 1. The Balaban J connectivity index is 1.58. The number of ether oxygens (including phenoxy) is 1. The molecule has 1 saturated heterocycles. The Hall–Kier alpha value is -2.63. The smallest absolute Gasteiger partial charge is 0.227 e. The molecular weight excluding hydrogens is 316 g/mol. The van der Waals surface area contributed by atoms with Gasteiger partial charge < -0.3 is 14.5 Å². The monoisotopic (exact) mass is 340 g/mol. The number of anilines is 1. The van der Waals surface area contributed by atoms with E-state index in [9.17, 15) is 4.79 Å². The zero-order valence-electron chi connectivity index (χ0n) is 15.0. The van der Waals surface area contributed by atoms with E-state index in [1.807, 2.05) is 49.1 Å². The molecule has 6 nitrogen and oxygen atoms in total. The van der Waals surface area contributed by atoms with Crippen LogP contribution in [0.15, 0.2) is 30.3 Å². The summed E-state index contributed by atoms with van der Waals surface area (Å²) in [4.78, 5) is 25.5. The molecule has 0 unspecified atom stereocenters. The van der Waals surface area contributed by atoms with E-state index in [1.54, 1.807) is 7.11 Å². The van der Waals surface area contributed by atoms with Gasteiger partial charge in [-0.05, 0) is 31.5 Å². The van der Waals surface area contributed by atoms with Crippen LogP contribution in [-0.4, -0.2) is 54.1 Å². The van der Waals surface area contributed by atoms with Crippen molar-refractivity contribution >= 4 is 11.7 Å². The van der Waals surface area contributed by atoms with Gasteiger partial charge in [-0.3, -0.25) is 4.79 Å². The minimum atomic E-state index is 0.156. The lowest BCUT2D eigenvalue weighted by Gasteiger charge is -2.35. The van der Waals surface area contributed by atoms with Crippen molar-refractivity contribution in [2.24, 2.45) is 0 Å². The Labute approximate surface area is 148 Å². The molecule has 0 N–H and O–H groups in total. The molecule has 0 spiro atoms. The first-order valence-electron chi connectivity index (χ1n) is 8.53. The summed E-state index contributed by atoms with van der Waals surface area (Å²) in [5.74, 6) is 2.67. The standard InChI is InChI=1S/C19H24N4O2/c1-14-11-18(21-15(2)20-14)22-7-9-23(10-8-22)19(24)13-16-5-4-6-17(12-16)25-3/h4-6,11-12H,7-10,13H2,1-3H3. The number of aromatic nitrogens is 2. The summed E-state index contributed by atoms with van der Waals surface area (Å²) in [7, 11) is 1.64. The van der Waals surface area contributed by atoms with Crippen molar-refractivity contribution in [1.82, 2.24) is 14.9 Å². The Bertz CT molecular complexity index is 735. The molecule has 1 aliphatic heterocycles. The van der Waals surface area contributed by atoms with Gasteiger partial charge in [0.1, 0.15) is 17.4 Å². The van der Waals surface area contributed by atoms with Crippen molar-refractivity contribution in [3.05, 3.63) is 47.4 Å². The topological polar surface area (TPSA) is 58.6 Å². The van der Waals surface area contributed by atoms with Crippen molar-refractivity contribution in [3.8, 4) is 5.75 Å². The molecule has 1 amide bonds. The second-order valence-corrected chi connectivity index (χ2v) is 6.31. The number of benzene rings is 1. The number of nitrogens with zero attached hydrogens (tertiary/aromatic N) is 4. The second-order valence-electron chi connectivity index (χ2n) is 6.31. The zero-order valence-corrected chi connectivity index (χ0v) is 15.0. The third-order valence-electron chi connectivity index (χ3n) is 4.40. The fraction of sp³-hybridized carbons (Fsp3) is 0.421. The highest BCUT2D eigenvalue weighted by atomic mass is 16.5. The number of hydrogen-bond donors (Lipinski definition) is 0. The van der Waals surface area contributed by atoms with Crippen molar-refractivity contribution in [1.29, 1.82) is 0 Å². The lowest BCUT2D eigenvalue weighted by atomic mass is 10.1. The Morgan fingerprint density at radius 1 is 1.12 bits per heavy atom. The molecule has 3 rings (SSSR count). The molecule has 132 valence electrons. The predicted molar refractivity (Wildman–Crippen MR) is 97.0 cm³/mol. The van der Waals surface area contributed by atoms with Crippen LogP contribution in [0.4, 0.5) is 5.82 Å². The average Bonchev–Trinajstić information content (AvgIpc) is 2.61. The van der Waals surface area contributed by atoms with Gasteiger partial charge in [0, 0.05) is 37.9 Å². The van der Waals surface area contributed by atoms with Gasteiger partial charge in [-0.1, -0.05) is 12.1 Å². The van der Waals surface area contributed by atoms with Gasteiger partial charge in [-0.25, -0.2) is 9.97 Å². The molecule has 0 radical (unpaired) electrons. The normalized spacial score (nSPS) is 14.5. The van der Waals surface area contributed by atoms with Crippen LogP contribution >= 0.6 is 0 Å². The molecule has 0 saturated carbocycles. The molecule has 25 heavy (non-hydrogen) atoms. The number of amides is 1. The zero-order chi connectivity index (χ0) is 17.8. The van der Waals surface area contributed by atoms with Gasteiger partial charge in [0.05, 0.1) is 13.5 Å². The molecule has 0 atom stereocenters. The van der Waals surface area contributed by atoms with Crippen molar-refractivity contribution < 1.29 is 9.53 Å². The first kappa shape index (κ1) is 17.2. The fourth-order valence-electron chi connectivity index (χ4n) is 3.11. The van der Waals surface area contributed by atoms with Crippen LogP contribution in [0.1, 0.15) is 17.1 Å². The molecule has 2 heterocycles. The van der Waals surface area contributed by atoms with Crippen molar-refractivity contribution in [3.63, 3.8) is 0 Å². The van der Waals surface area contributed by atoms with Gasteiger partial charge in [0.15, 0.2) is 0 Å². The quantitative estimate of drug-likeness (QED) is 0.852. The third kappa shape index (κ3) is 4.26. The summed E-state index contributed by atoms with van der Waals surface area (Å²) in [5, 5.41) is 0. The molecule has 2 aromatic rings. The van der Waals surface area contributed by atoms with E-state index >= 15 is 0 Å². The summed E-state index contributed by atoms with van der Waals surface area (Å²) in [6.45, 7) is 6.89. The molecule has 6 heteroatoms. The lowest BCUT2D eigenvalue weighted by molar-refractivity contribution is -0.130. The summed E-state index contributed by atoms with van der Waals surface area (Å²) in [6.07, 6.45) is 0.406. The molecule has 1 aliphatic rings. The highest BCUT2D eigenvalue weighted by Gasteiger charge is 2.22. The largest absolute Gasteiger partial charge is 0.497 e. The summed E-state index contributed by atoms with van der Waals surface area (Å²) >= 11 is 0. The molecule has 0 bridgehead atoms. The number of hydrogen-bond acceptors (Lipinski definition) is 5. The van der Waals surface area contributed by atoms with Crippen LogP contribution < -0.4 is 9.64 Å². The molecule has 1 aromatic heterocycles. The first-order valence-corrected chi connectivity index (χ1v) is 8.53.